The number of hydrogen-bond acceptors (Lipinski definition) is 3. The summed E-state index contributed by atoms with van der Waals surface area (Å²) >= 11 is 5.00. The molecule has 0 bridgehead atoms. The predicted molar refractivity (Wildman–Crippen MR) is 69.3 cm³/mol. The number of thiocarbonyl (C=S) groups is 1. The number of piperidine rings is 1. The smallest absolute Gasteiger partial charge is 0.234 e. The molecule has 0 aromatic heterocycles. The number of amides is 1. The van der Waals surface area contributed by atoms with E-state index in [0.717, 1.165) is 38.9 Å². The predicted octanol–water partition coefficient (Wildman–Crippen LogP) is 0.511. The van der Waals surface area contributed by atoms with Crippen LogP contribution in [-0.2, 0) is 4.79 Å². The van der Waals surface area contributed by atoms with Crippen molar-refractivity contribution < 1.29 is 4.79 Å². The van der Waals surface area contributed by atoms with Gasteiger partial charge < -0.3 is 11.1 Å². The fourth-order valence-corrected chi connectivity index (χ4v) is 2.15. The molecule has 0 aliphatic carbocycles. The molecule has 0 radical (unpaired) electrons. The maximum atomic E-state index is 11.5. The first-order chi connectivity index (χ1) is 7.63. The third kappa shape index (κ3) is 4.45. The molecule has 1 heterocycles. The third-order valence-corrected chi connectivity index (χ3v) is 3.18. The average Bonchev–Trinajstić information content (AvgIpc) is 2.26. The molecule has 1 fully saturated rings. The quantitative estimate of drug-likeness (QED) is 0.691. The molecule has 1 saturated heterocycles. The summed E-state index contributed by atoms with van der Waals surface area (Å²) in [4.78, 5) is 14.2. The lowest BCUT2D eigenvalue weighted by Gasteiger charge is -2.31. The molecule has 1 unspecified atom stereocenters. The highest BCUT2D eigenvalue weighted by molar-refractivity contribution is 7.80. The summed E-state index contributed by atoms with van der Waals surface area (Å²) in [6.45, 7) is 5.07. The minimum atomic E-state index is 0.102. The van der Waals surface area contributed by atoms with Crippen LogP contribution >= 0.6 is 12.2 Å². The lowest BCUT2D eigenvalue weighted by Crippen LogP contribution is -2.45. The van der Waals surface area contributed by atoms with Gasteiger partial charge in [-0.15, -0.1) is 0 Å². The molecule has 1 amide bonds. The molecule has 0 spiro atoms. The number of nitrogens with two attached hydrogens (primary N) is 1. The Balaban J connectivity index is 2.31. The van der Waals surface area contributed by atoms with Crippen molar-refractivity contribution in [2.45, 2.75) is 26.2 Å². The maximum Gasteiger partial charge on any atom is 0.234 e. The highest BCUT2D eigenvalue weighted by Gasteiger charge is 2.22. The van der Waals surface area contributed by atoms with Crippen LogP contribution in [0.15, 0.2) is 0 Å². The lowest BCUT2D eigenvalue weighted by atomic mass is 9.98. The van der Waals surface area contributed by atoms with Crippen LogP contribution in [0, 0.1) is 5.92 Å². The molecule has 1 atom stereocenters. The molecule has 1 rings (SSSR count). The fraction of sp³-hybridized carbons (Fsp3) is 0.818. The molecule has 16 heavy (non-hydrogen) atoms. The van der Waals surface area contributed by atoms with Gasteiger partial charge in [-0.3, -0.25) is 9.69 Å². The van der Waals surface area contributed by atoms with E-state index >= 15 is 0 Å². The number of hydrogen-bond donors (Lipinski definition) is 2. The van der Waals surface area contributed by atoms with Crippen molar-refractivity contribution >= 4 is 23.1 Å². The molecule has 5 heteroatoms. The van der Waals surface area contributed by atoms with Gasteiger partial charge in [0.15, 0.2) is 0 Å². The Morgan fingerprint density at radius 2 is 2.38 bits per heavy atom. The van der Waals surface area contributed by atoms with Crippen LogP contribution in [0.5, 0.6) is 0 Å². The summed E-state index contributed by atoms with van der Waals surface area (Å²) in [7, 11) is 0. The number of likely N-dealkylation sites (tertiary alicyclic amines) is 1. The molecular formula is C11H21N3OS. The van der Waals surface area contributed by atoms with Gasteiger partial charge in [0, 0.05) is 19.0 Å². The van der Waals surface area contributed by atoms with Crippen LogP contribution in [0.4, 0.5) is 0 Å². The Bertz CT molecular complexity index is 258. The Morgan fingerprint density at radius 1 is 1.62 bits per heavy atom. The monoisotopic (exact) mass is 243 g/mol. The second-order valence-corrected chi connectivity index (χ2v) is 4.80. The van der Waals surface area contributed by atoms with E-state index in [-0.39, 0.29) is 11.8 Å². The largest absolute Gasteiger partial charge is 0.393 e. The highest BCUT2D eigenvalue weighted by Crippen LogP contribution is 2.16. The fourth-order valence-electron chi connectivity index (χ4n) is 1.95. The maximum absolute atomic E-state index is 11.5. The summed E-state index contributed by atoms with van der Waals surface area (Å²) in [5, 5.41) is 2.88. The summed E-state index contributed by atoms with van der Waals surface area (Å²) in [6, 6.07) is 0. The molecule has 0 saturated carbocycles. The van der Waals surface area contributed by atoms with Gasteiger partial charge in [-0.1, -0.05) is 19.1 Å². The van der Waals surface area contributed by atoms with Crippen molar-refractivity contribution in [1.29, 1.82) is 0 Å². The highest BCUT2D eigenvalue weighted by atomic mass is 32.1. The van der Waals surface area contributed by atoms with Crippen LogP contribution in [0.25, 0.3) is 0 Å². The normalized spacial score (nSPS) is 21.7. The molecular weight excluding hydrogens is 222 g/mol. The van der Waals surface area contributed by atoms with Crippen LogP contribution < -0.4 is 11.1 Å². The van der Waals surface area contributed by atoms with Crippen molar-refractivity contribution in [3.63, 3.8) is 0 Å². The van der Waals surface area contributed by atoms with Crippen LogP contribution in [0.2, 0.25) is 0 Å². The van der Waals surface area contributed by atoms with Crippen molar-refractivity contribution in [3.8, 4) is 0 Å². The van der Waals surface area contributed by atoms with Crippen LogP contribution in [-0.4, -0.2) is 42.0 Å². The molecule has 92 valence electrons. The van der Waals surface area contributed by atoms with E-state index in [1.807, 2.05) is 6.92 Å². The number of carbonyl (C=O) groups is 1. The molecule has 4 nitrogen and oxygen atoms in total. The van der Waals surface area contributed by atoms with Crippen molar-refractivity contribution in [2.75, 3.05) is 26.2 Å². The van der Waals surface area contributed by atoms with Gasteiger partial charge in [-0.2, -0.15) is 0 Å². The van der Waals surface area contributed by atoms with E-state index in [0.29, 0.717) is 11.5 Å². The van der Waals surface area contributed by atoms with Gasteiger partial charge in [0.1, 0.15) is 0 Å². The van der Waals surface area contributed by atoms with Gasteiger partial charge in [0.05, 0.1) is 11.5 Å². The average molecular weight is 243 g/mol. The van der Waals surface area contributed by atoms with E-state index < -0.39 is 0 Å². The summed E-state index contributed by atoms with van der Waals surface area (Å²) in [5.41, 5.74) is 5.64. The van der Waals surface area contributed by atoms with E-state index in [2.05, 4.69) is 10.2 Å². The van der Waals surface area contributed by atoms with E-state index in [4.69, 9.17) is 18.0 Å². The molecule has 0 aromatic carbocycles. The van der Waals surface area contributed by atoms with Gasteiger partial charge in [-0.05, 0) is 25.8 Å². The Kier molecular flexibility index (Phi) is 5.69. The summed E-state index contributed by atoms with van der Waals surface area (Å²) in [6.07, 6.45) is 3.10. The number of nitrogens with zero attached hydrogens (tertiary/aromatic N) is 1. The molecule has 3 N–H and O–H groups in total. The van der Waals surface area contributed by atoms with Crippen molar-refractivity contribution in [1.82, 2.24) is 10.2 Å². The Hall–Kier alpha value is -0.680. The second-order valence-electron chi connectivity index (χ2n) is 4.33. The first kappa shape index (κ1) is 13.4. The van der Waals surface area contributed by atoms with E-state index in [1.54, 1.807) is 0 Å². The zero-order valence-corrected chi connectivity index (χ0v) is 10.7. The first-order valence-electron chi connectivity index (χ1n) is 5.91. The third-order valence-electron chi connectivity index (χ3n) is 2.85. The van der Waals surface area contributed by atoms with Gasteiger partial charge in [0.2, 0.25) is 5.91 Å². The number of carbonyl (C=O) groups excluding carboxylic acids is 1. The Labute approximate surface area is 103 Å². The number of rotatable bonds is 5. The van der Waals surface area contributed by atoms with Gasteiger partial charge >= 0.3 is 0 Å². The second kappa shape index (κ2) is 6.81. The molecule has 0 aromatic rings. The van der Waals surface area contributed by atoms with Crippen molar-refractivity contribution in [2.24, 2.45) is 11.7 Å². The summed E-state index contributed by atoms with van der Waals surface area (Å²) < 4.78 is 0. The van der Waals surface area contributed by atoms with Gasteiger partial charge in [-0.25, -0.2) is 0 Å². The van der Waals surface area contributed by atoms with Gasteiger partial charge in [0.25, 0.3) is 0 Å². The topological polar surface area (TPSA) is 58.4 Å². The van der Waals surface area contributed by atoms with Crippen LogP contribution in [0.3, 0.4) is 0 Å². The van der Waals surface area contributed by atoms with E-state index in [9.17, 15) is 4.79 Å². The zero-order valence-electron chi connectivity index (χ0n) is 9.87. The van der Waals surface area contributed by atoms with E-state index in [1.165, 1.54) is 0 Å². The first-order valence-corrected chi connectivity index (χ1v) is 6.32. The zero-order chi connectivity index (χ0) is 12.0. The standard InChI is InChI=1S/C11H21N3OS/c1-2-5-13-10(15)8-14-6-3-4-9(7-14)11(12)16/h9H,2-8H2,1H3,(H2,12,16)(H,13,15). The van der Waals surface area contributed by atoms with Crippen LogP contribution in [0.1, 0.15) is 26.2 Å². The minimum absolute atomic E-state index is 0.102. The summed E-state index contributed by atoms with van der Waals surface area (Å²) in [5.74, 6) is 0.383. The minimum Gasteiger partial charge on any atom is -0.393 e. The Morgan fingerprint density at radius 3 is 3.00 bits per heavy atom. The van der Waals surface area contributed by atoms with Crippen molar-refractivity contribution in [3.05, 3.63) is 0 Å². The molecule has 1 aliphatic heterocycles. The SMILES string of the molecule is CCCNC(=O)CN1CCCC(C(N)=S)C1. The lowest BCUT2D eigenvalue weighted by molar-refractivity contribution is -0.122. The molecule has 1 aliphatic rings. The number of nitrogens with one attached hydrogen (secondary N) is 1.